The first kappa shape index (κ1) is 10.5. The average Bonchev–Trinajstić information content (AvgIpc) is 2.19. The van der Waals surface area contributed by atoms with Gasteiger partial charge in [0.15, 0.2) is 0 Å². The van der Waals surface area contributed by atoms with Crippen LogP contribution in [0.2, 0.25) is 10.2 Å². The summed E-state index contributed by atoms with van der Waals surface area (Å²) in [7, 11) is 1.61. The van der Waals surface area contributed by atoms with E-state index >= 15 is 0 Å². The molecule has 0 fully saturated rings. The van der Waals surface area contributed by atoms with E-state index in [0.717, 1.165) is 16.5 Å². The quantitative estimate of drug-likeness (QED) is 0.708. The standard InChI is InChI=1S/C11H9Cl2NO/c1-6-3-4-8(15-2)10-7(12)5-9(13)14-11(6)10/h3-5H,1-2H3. The summed E-state index contributed by atoms with van der Waals surface area (Å²) in [6.07, 6.45) is 0. The van der Waals surface area contributed by atoms with E-state index in [9.17, 15) is 0 Å². The third-order valence-corrected chi connectivity index (χ3v) is 2.76. The Balaban J connectivity index is 2.93. The lowest BCUT2D eigenvalue weighted by molar-refractivity contribution is 0.419. The smallest absolute Gasteiger partial charge is 0.131 e. The zero-order valence-corrected chi connectivity index (χ0v) is 9.86. The fraction of sp³-hybridized carbons (Fsp3) is 0.182. The number of hydrogen-bond acceptors (Lipinski definition) is 2. The first-order chi connectivity index (χ1) is 7.13. The van der Waals surface area contributed by atoms with Crippen LogP contribution in [0.25, 0.3) is 10.9 Å². The highest BCUT2D eigenvalue weighted by atomic mass is 35.5. The van der Waals surface area contributed by atoms with E-state index in [1.807, 2.05) is 19.1 Å². The maximum Gasteiger partial charge on any atom is 0.131 e. The molecule has 2 aromatic rings. The van der Waals surface area contributed by atoms with Crippen molar-refractivity contribution in [3.05, 3.63) is 33.9 Å². The second-order valence-corrected chi connectivity index (χ2v) is 4.03. The molecule has 0 atom stereocenters. The number of hydrogen-bond donors (Lipinski definition) is 0. The van der Waals surface area contributed by atoms with E-state index in [4.69, 9.17) is 27.9 Å². The Morgan fingerprint density at radius 1 is 1.27 bits per heavy atom. The third kappa shape index (κ3) is 1.75. The summed E-state index contributed by atoms with van der Waals surface area (Å²) >= 11 is 12.0. The summed E-state index contributed by atoms with van der Waals surface area (Å²) in [5.41, 5.74) is 1.81. The van der Waals surface area contributed by atoms with Gasteiger partial charge in [-0.15, -0.1) is 0 Å². The van der Waals surface area contributed by atoms with E-state index in [-0.39, 0.29) is 0 Å². The van der Waals surface area contributed by atoms with E-state index in [1.54, 1.807) is 13.2 Å². The Kier molecular flexibility index (Phi) is 2.72. The van der Waals surface area contributed by atoms with Gasteiger partial charge >= 0.3 is 0 Å². The zero-order valence-electron chi connectivity index (χ0n) is 8.34. The van der Waals surface area contributed by atoms with Crippen molar-refractivity contribution in [3.63, 3.8) is 0 Å². The lowest BCUT2D eigenvalue weighted by Gasteiger charge is -2.08. The van der Waals surface area contributed by atoms with Gasteiger partial charge in [0.1, 0.15) is 10.9 Å². The summed E-state index contributed by atoms with van der Waals surface area (Å²) in [4.78, 5) is 4.25. The monoisotopic (exact) mass is 241 g/mol. The number of ether oxygens (including phenoxy) is 1. The van der Waals surface area contributed by atoms with Gasteiger partial charge in [-0.25, -0.2) is 4.98 Å². The van der Waals surface area contributed by atoms with Crippen LogP contribution in [0, 0.1) is 6.92 Å². The van der Waals surface area contributed by atoms with Gasteiger partial charge in [0.2, 0.25) is 0 Å². The number of benzene rings is 1. The highest BCUT2D eigenvalue weighted by molar-refractivity contribution is 6.38. The molecule has 2 nitrogen and oxygen atoms in total. The minimum absolute atomic E-state index is 0.392. The van der Waals surface area contributed by atoms with Gasteiger partial charge in [-0.05, 0) is 24.6 Å². The lowest BCUT2D eigenvalue weighted by atomic mass is 10.1. The van der Waals surface area contributed by atoms with Crippen molar-refractivity contribution in [2.45, 2.75) is 6.92 Å². The van der Waals surface area contributed by atoms with Gasteiger partial charge < -0.3 is 4.74 Å². The summed E-state index contributed by atoms with van der Waals surface area (Å²) in [6, 6.07) is 5.42. The van der Waals surface area contributed by atoms with Crippen molar-refractivity contribution in [1.29, 1.82) is 0 Å². The van der Waals surface area contributed by atoms with Crippen molar-refractivity contribution >= 4 is 34.1 Å². The molecule has 0 aliphatic rings. The molecule has 0 spiro atoms. The first-order valence-electron chi connectivity index (χ1n) is 4.43. The Hall–Kier alpha value is -0.990. The largest absolute Gasteiger partial charge is 0.496 e. The molecular weight excluding hydrogens is 233 g/mol. The number of rotatable bonds is 1. The van der Waals surface area contributed by atoms with Crippen LogP contribution < -0.4 is 4.74 Å². The SMILES string of the molecule is COc1ccc(C)c2nc(Cl)cc(Cl)c12. The van der Waals surface area contributed by atoms with Crippen molar-refractivity contribution in [1.82, 2.24) is 4.98 Å². The summed E-state index contributed by atoms with van der Waals surface area (Å²) in [5.74, 6) is 0.713. The number of halogens is 2. The molecule has 15 heavy (non-hydrogen) atoms. The fourth-order valence-electron chi connectivity index (χ4n) is 1.54. The molecule has 0 aliphatic carbocycles. The number of aryl methyl sites for hydroxylation is 1. The normalized spacial score (nSPS) is 10.7. The van der Waals surface area contributed by atoms with Crippen LogP contribution in [0.15, 0.2) is 18.2 Å². The number of aromatic nitrogens is 1. The van der Waals surface area contributed by atoms with Gasteiger partial charge in [-0.3, -0.25) is 0 Å². The van der Waals surface area contributed by atoms with E-state index in [2.05, 4.69) is 4.98 Å². The lowest BCUT2D eigenvalue weighted by Crippen LogP contribution is -1.90. The molecule has 0 amide bonds. The van der Waals surface area contributed by atoms with Crippen molar-refractivity contribution < 1.29 is 4.74 Å². The topological polar surface area (TPSA) is 22.1 Å². The van der Waals surface area contributed by atoms with Crippen LogP contribution in [-0.4, -0.2) is 12.1 Å². The molecular formula is C11H9Cl2NO. The van der Waals surface area contributed by atoms with Gasteiger partial charge in [-0.1, -0.05) is 29.3 Å². The Labute approximate surface area is 97.8 Å². The first-order valence-corrected chi connectivity index (χ1v) is 5.18. The van der Waals surface area contributed by atoms with Crippen LogP contribution in [0.5, 0.6) is 5.75 Å². The predicted molar refractivity (Wildman–Crippen MR) is 63.1 cm³/mol. The Morgan fingerprint density at radius 3 is 2.67 bits per heavy atom. The molecule has 78 valence electrons. The summed E-state index contributed by atoms with van der Waals surface area (Å²) < 4.78 is 5.24. The van der Waals surface area contributed by atoms with Crippen molar-refractivity contribution in [2.75, 3.05) is 7.11 Å². The highest BCUT2D eigenvalue weighted by Gasteiger charge is 2.10. The van der Waals surface area contributed by atoms with Crippen LogP contribution in [0.1, 0.15) is 5.56 Å². The second-order valence-electron chi connectivity index (χ2n) is 3.24. The molecule has 0 aliphatic heterocycles. The molecule has 0 bridgehead atoms. The summed E-state index contributed by atoms with van der Waals surface area (Å²) in [6.45, 7) is 1.96. The fourth-order valence-corrected chi connectivity index (χ4v) is 2.07. The molecule has 0 saturated heterocycles. The molecule has 0 unspecified atom stereocenters. The van der Waals surface area contributed by atoms with Crippen LogP contribution in [-0.2, 0) is 0 Å². The molecule has 4 heteroatoms. The molecule has 1 heterocycles. The molecule has 1 aromatic carbocycles. The molecule has 0 N–H and O–H groups in total. The minimum atomic E-state index is 0.392. The van der Waals surface area contributed by atoms with Crippen LogP contribution in [0.4, 0.5) is 0 Å². The molecule has 1 aromatic heterocycles. The maximum atomic E-state index is 6.11. The summed E-state index contributed by atoms with van der Waals surface area (Å²) in [5, 5.41) is 1.76. The van der Waals surface area contributed by atoms with Crippen LogP contribution in [0.3, 0.4) is 0 Å². The van der Waals surface area contributed by atoms with E-state index in [1.165, 1.54) is 0 Å². The van der Waals surface area contributed by atoms with Gasteiger partial charge in [0.05, 0.1) is 23.0 Å². The Morgan fingerprint density at radius 2 is 2.00 bits per heavy atom. The Bertz CT molecular complexity index is 525. The highest BCUT2D eigenvalue weighted by Crippen LogP contribution is 2.34. The number of methoxy groups -OCH3 is 1. The molecule has 2 rings (SSSR count). The predicted octanol–water partition coefficient (Wildman–Crippen LogP) is 3.86. The van der Waals surface area contributed by atoms with Gasteiger partial charge in [0.25, 0.3) is 0 Å². The van der Waals surface area contributed by atoms with E-state index < -0.39 is 0 Å². The average molecular weight is 242 g/mol. The van der Waals surface area contributed by atoms with Crippen LogP contribution >= 0.6 is 23.2 Å². The van der Waals surface area contributed by atoms with Crippen molar-refractivity contribution in [3.8, 4) is 5.75 Å². The van der Waals surface area contributed by atoms with E-state index in [0.29, 0.717) is 15.9 Å². The number of pyridine rings is 1. The zero-order chi connectivity index (χ0) is 11.0. The third-order valence-electron chi connectivity index (χ3n) is 2.26. The van der Waals surface area contributed by atoms with Gasteiger partial charge in [-0.2, -0.15) is 0 Å². The number of nitrogens with zero attached hydrogens (tertiary/aromatic N) is 1. The number of fused-ring (bicyclic) bond motifs is 1. The van der Waals surface area contributed by atoms with Gasteiger partial charge in [0, 0.05) is 0 Å². The minimum Gasteiger partial charge on any atom is -0.496 e. The van der Waals surface area contributed by atoms with Crippen molar-refractivity contribution in [2.24, 2.45) is 0 Å². The molecule has 0 radical (unpaired) electrons. The maximum absolute atomic E-state index is 6.11. The molecule has 0 saturated carbocycles. The second kappa shape index (κ2) is 3.87.